The lowest BCUT2D eigenvalue weighted by Gasteiger charge is -2.54. The van der Waals surface area contributed by atoms with Gasteiger partial charge >= 0.3 is 0 Å². The number of rotatable bonds is 10. The predicted octanol–water partition coefficient (Wildman–Crippen LogP) is 7.79. The van der Waals surface area contributed by atoms with Gasteiger partial charge in [-0.05, 0) is 98.3 Å². The SMILES string of the molecule is CCCCCC12CCC(c3ccc(CCc4ccc(OCC)c(C#N)c4C#N)cc3)(CC1)CC2. The second-order valence-corrected chi connectivity index (χ2v) is 10.6. The fraction of sp³-hybridized carbons (Fsp3) is 0.548. The molecule has 0 amide bonds. The van der Waals surface area contributed by atoms with Crippen LogP contribution in [0.3, 0.4) is 0 Å². The average molecular weight is 455 g/mol. The van der Waals surface area contributed by atoms with Gasteiger partial charge in [-0.15, -0.1) is 0 Å². The lowest BCUT2D eigenvalue weighted by molar-refractivity contribution is 0.0305. The molecule has 3 aliphatic rings. The second-order valence-electron chi connectivity index (χ2n) is 10.6. The van der Waals surface area contributed by atoms with E-state index in [2.05, 4.69) is 43.3 Å². The Morgan fingerprint density at radius 2 is 1.47 bits per heavy atom. The summed E-state index contributed by atoms with van der Waals surface area (Å²) >= 11 is 0. The molecular formula is C31H38N2O. The third-order valence-electron chi connectivity index (χ3n) is 8.74. The maximum atomic E-state index is 9.68. The third kappa shape index (κ3) is 4.86. The lowest BCUT2D eigenvalue weighted by Crippen LogP contribution is -2.44. The zero-order chi connectivity index (χ0) is 24.0. The molecule has 3 fully saturated rings. The van der Waals surface area contributed by atoms with E-state index in [1.165, 1.54) is 75.3 Å². The Kier molecular flexibility index (Phi) is 7.63. The van der Waals surface area contributed by atoms with E-state index in [1.54, 1.807) is 0 Å². The molecule has 178 valence electrons. The van der Waals surface area contributed by atoms with Crippen LogP contribution in [0.2, 0.25) is 0 Å². The molecule has 2 aromatic rings. The maximum absolute atomic E-state index is 9.68. The van der Waals surface area contributed by atoms with E-state index in [4.69, 9.17) is 4.74 Å². The van der Waals surface area contributed by atoms with Gasteiger partial charge in [-0.1, -0.05) is 56.5 Å². The summed E-state index contributed by atoms with van der Waals surface area (Å²) in [7, 11) is 0. The van der Waals surface area contributed by atoms with Crippen LogP contribution in [-0.4, -0.2) is 6.61 Å². The monoisotopic (exact) mass is 454 g/mol. The summed E-state index contributed by atoms with van der Waals surface area (Å²) < 4.78 is 5.54. The molecule has 3 nitrogen and oxygen atoms in total. The van der Waals surface area contributed by atoms with E-state index in [9.17, 15) is 10.5 Å². The zero-order valence-electron chi connectivity index (χ0n) is 21.0. The molecule has 2 aromatic carbocycles. The summed E-state index contributed by atoms with van der Waals surface area (Å²) in [6, 6.07) is 17.5. The van der Waals surface area contributed by atoms with Crippen LogP contribution in [0.1, 0.15) is 106 Å². The highest BCUT2D eigenvalue weighted by molar-refractivity contribution is 5.58. The summed E-state index contributed by atoms with van der Waals surface area (Å²) in [5, 5.41) is 19.2. The lowest BCUT2D eigenvalue weighted by atomic mass is 9.51. The van der Waals surface area contributed by atoms with Crippen LogP contribution in [-0.2, 0) is 18.3 Å². The first-order valence-electron chi connectivity index (χ1n) is 13.3. The number of nitriles is 2. The molecule has 0 atom stereocenters. The molecule has 0 aliphatic heterocycles. The minimum absolute atomic E-state index is 0.358. The zero-order valence-corrected chi connectivity index (χ0v) is 21.0. The van der Waals surface area contributed by atoms with Gasteiger partial charge in [0.2, 0.25) is 0 Å². The molecule has 5 rings (SSSR count). The standard InChI is InChI=1S/C31H38N2O/c1-3-5-6-15-30-16-19-31(20-17-30,21-18-30)26-12-8-24(9-13-26)7-10-25-11-14-29(34-4-2)28(23-33)27(25)22-32/h8-9,11-14H,3-7,10,15-21H2,1-2H3. The third-order valence-corrected chi connectivity index (χ3v) is 8.74. The van der Waals surface area contributed by atoms with Crippen molar-refractivity contribution in [2.24, 2.45) is 5.41 Å². The molecule has 0 radical (unpaired) electrons. The van der Waals surface area contributed by atoms with Crippen LogP contribution in [0.4, 0.5) is 0 Å². The number of fused-ring (bicyclic) bond motifs is 3. The van der Waals surface area contributed by atoms with E-state index >= 15 is 0 Å². The number of unbranched alkanes of at least 4 members (excludes halogenated alkanes) is 2. The van der Waals surface area contributed by atoms with Crippen molar-refractivity contribution in [2.45, 2.75) is 96.3 Å². The fourth-order valence-corrected chi connectivity index (χ4v) is 6.47. The Bertz CT molecular complexity index is 1050. The van der Waals surface area contributed by atoms with Crippen molar-refractivity contribution >= 4 is 0 Å². The van der Waals surface area contributed by atoms with Gasteiger partial charge in [0.25, 0.3) is 0 Å². The Balaban J connectivity index is 1.40. The smallest absolute Gasteiger partial charge is 0.138 e. The highest BCUT2D eigenvalue weighted by atomic mass is 16.5. The Morgan fingerprint density at radius 3 is 2.06 bits per heavy atom. The molecule has 0 aromatic heterocycles. The number of ether oxygens (including phenoxy) is 1. The van der Waals surface area contributed by atoms with Crippen molar-refractivity contribution in [3.63, 3.8) is 0 Å². The minimum Gasteiger partial charge on any atom is -0.492 e. The molecule has 2 bridgehead atoms. The van der Waals surface area contributed by atoms with Crippen LogP contribution in [0.25, 0.3) is 0 Å². The van der Waals surface area contributed by atoms with Crippen LogP contribution in [0, 0.1) is 28.1 Å². The van der Waals surface area contributed by atoms with Gasteiger partial charge in [-0.2, -0.15) is 10.5 Å². The molecule has 34 heavy (non-hydrogen) atoms. The molecule has 3 aliphatic carbocycles. The van der Waals surface area contributed by atoms with Crippen molar-refractivity contribution in [1.82, 2.24) is 0 Å². The predicted molar refractivity (Wildman–Crippen MR) is 137 cm³/mol. The summed E-state index contributed by atoms with van der Waals surface area (Å²) in [5.41, 5.74) is 5.60. The molecule has 3 heteroatoms. The molecule has 0 unspecified atom stereocenters. The molecule has 3 saturated carbocycles. The van der Waals surface area contributed by atoms with Crippen molar-refractivity contribution < 1.29 is 4.74 Å². The van der Waals surface area contributed by atoms with Crippen LogP contribution < -0.4 is 4.74 Å². The molecule has 0 spiro atoms. The van der Waals surface area contributed by atoms with Crippen LogP contribution in [0.5, 0.6) is 5.75 Å². The largest absolute Gasteiger partial charge is 0.492 e. The van der Waals surface area contributed by atoms with Crippen molar-refractivity contribution in [2.75, 3.05) is 6.61 Å². The Labute approximate surface area is 205 Å². The highest BCUT2D eigenvalue weighted by Gasteiger charge is 2.48. The molecule has 0 saturated heterocycles. The highest BCUT2D eigenvalue weighted by Crippen LogP contribution is 2.59. The van der Waals surface area contributed by atoms with Crippen LogP contribution >= 0.6 is 0 Å². The molecule has 0 heterocycles. The van der Waals surface area contributed by atoms with Gasteiger partial charge < -0.3 is 4.74 Å². The Hall–Kier alpha value is -2.78. The van der Waals surface area contributed by atoms with Gasteiger partial charge in [0.05, 0.1) is 12.2 Å². The number of benzene rings is 2. The minimum atomic E-state index is 0.358. The second kappa shape index (κ2) is 10.7. The van der Waals surface area contributed by atoms with Gasteiger partial charge in [0, 0.05) is 0 Å². The van der Waals surface area contributed by atoms with E-state index in [0.29, 0.717) is 34.3 Å². The Morgan fingerprint density at radius 1 is 0.794 bits per heavy atom. The quantitative estimate of drug-likeness (QED) is 0.344. The van der Waals surface area contributed by atoms with Gasteiger partial charge in [-0.25, -0.2) is 0 Å². The van der Waals surface area contributed by atoms with Crippen molar-refractivity contribution in [1.29, 1.82) is 10.5 Å². The first-order chi connectivity index (χ1) is 16.6. The van der Waals surface area contributed by atoms with Gasteiger partial charge in [-0.3, -0.25) is 0 Å². The average Bonchev–Trinajstić information content (AvgIpc) is 2.89. The maximum Gasteiger partial charge on any atom is 0.138 e. The topological polar surface area (TPSA) is 56.8 Å². The van der Waals surface area contributed by atoms with Gasteiger partial charge in [0.15, 0.2) is 0 Å². The van der Waals surface area contributed by atoms with Crippen molar-refractivity contribution in [3.05, 3.63) is 64.2 Å². The van der Waals surface area contributed by atoms with E-state index in [-0.39, 0.29) is 0 Å². The summed E-state index contributed by atoms with van der Waals surface area (Å²) in [4.78, 5) is 0. The van der Waals surface area contributed by atoms with Crippen LogP contribution in [0.15, 0.2) is 36.4 Å². The summed E-state index contributed by atoms with van der Waals surface area (Å²) in [6.07, 6.45) is 15.5. The first-order valence-corrected chi connectivity index (χ1v) is 13.3. The number of nitrogens with zero attached hydrogens (tertiary/aromatic N) is 2. The van der Waals surface area contributed by atoms with Gasteiger partial charge in [0.1, 0.15) is 23.5 Å². The normalized spacial score (nSPS) is 23.3. The molecule has 0 N–H and O–H groups in total. The van der Waals surface area contributed by atoms with E-state index < -0.39 is 0 Å². The summed E-state index contributed by atoms with van der Waals surface area (Å²) in [5.74, 6) is 0.503. The first kappa shape index (κ1) is 24.3. The fourth-order valence-electron chi connectivity index (χ4n) is 6.47. The van der Waals surface area contributed by atoms with Crippen molar-refractivity contribution in [3.8, 4) is 17.9 Å². The molecular weight excluding hydrogens is 416 g/mol. The summed E-state index contributed by atoms with van der Waals surface area (Å²) in [6.45, 7) is 4.67. The number of aryl methyl sites for hydroxylation is 2. The number of hydrogen-bond donors (Lipinski definition) is 0. The van der Waals surface area contributed by atoms with E-state index in [1.807, 2.05) is 19.1 Å². The van der Waals surface area contributed by atoms with E-state index in [0.717, 1.165) is 18.4 Å². The number of hydrogen-bond acceptors (Lipinski definition) is 3.